The third-order valence-corrected chi connectivity index (χ3v) is 3.71. The first-order chi connectivity index (χ1) is 8.74. The number of piperidine rings is 1. The summed E-state index contributed by atoms with van der Waals surface area (Å²) in [6.07, 6.45) is 3.63. The van der Waals surface area contributed by atoms with Crippen LogP contribution >= 0.6 is 12.2 Å². The van der Waals surface area contributed by atoms with E-state index in [9.17, 15) is 5.11 Å². The maximum Gasteiger partial charge on any atom is 0.203 e. The molecule has 18 heavy (non-hydrogen) atoms. The van der Waals surface area contributed by atoms with Crippen molar-refractivity contribution in [1.82, 2.24) is 19.1 Å². The number of β-amino-alcohol motifs (C(OH)–C–C–N with tert-alkyl or cyclic N) is 1. The fourth-order valence-corrected chi connectivity index (χ4v) is 2.66. The molecule has 0 amide bonds. The molecule has 1 unspecified atom stereocenters. The van der Waals surface area contributed by atoms with Gasteiger partial charge in [-0.15, -0.1) is 0 Å². The standard InChI is InChI=1S/C12H16N4OS/c17-10-4-3-6-14(8-10)9-16-12(18)15-7-2-1-5-11(15)13-16/h1-2,5,7,10,17H,3-4,6,8-9H2. The summed E-state index contributed by atoms with van der Waals surface area (Å²) in [7, 11) is 0. The van der Waals surface area contributed by atoms with Gasteiger partial charge in [0.2, 0.25) is 4.77 Å². The molecule has 1 aliphatic heterocycles. The summed E-state index contributed by atoms with van der Waals surface area (Å²) in [5, 5.41) is 14.1. The van der Waals surface area contributed by atoms with Crippen molar-refractivity contribution in [3.63, 3.8) is 0 Å². The summed E-state index contributed by atoms with van der Waals surface area (Å²) in [6, 6.07) is 5.84. The number of hydrogen-bond acceptors (Lipinski definition) is 4. The lowest BCUT2D eigenvalue weighted by Gasteiger charge is -2.29. The Labute approximate surface area is 110 Å². The number of pyridine rings is 1. The first-order valence-electron chi connectivity index (χ1n) is 6.19. The molecule has 0 saturated carbocycles. The zero-order valence-corrected chi connectivity index (χ0v) is 10.9. The molecular formula is C12H16N4OS. The van der Waals surface area contributed by atoms with Gasteiger partial charge >= 0.3 is 0 Å². The second-order valence-electron chi connectivity index (χ2n) is 4.73. The Kier molecular flexibility index (Phi) is 3.15. The smallest absolute Gasteiger partial charge is 0.203 e. The Hall–Kier alpha value is -1.24. The molecule has 1 atom stereocenters. The average molecular weight is 264 g/mol. The summed E-state index contributed by atoms with van der Waals surface area (Å²) < 4.78 is 4.42. The lowest BCUT2D eigenvalue weighted by molar-refractivity contribution is 0.0514. The number of likely N-dealkylation sites (tertiary alicyclic amines) is 1. The molecule has 3 heterocycles. The van der Waals surface area contributed by atoms with E-state index in [-0.39, 0.29) is 6.10 Å². The average Bonchev–Trinajstić information content (AvgIpc) is 2.67. The molecule has 5 nitrogen and oxygen atoms in total. The van der Waals surface area contributed by atoms with E-state index in [2.05, 4.69) is 10.00 Å². The van der Waals surface area contributed by atoms with E-state index >= 15 is 0 Å². The van der Waals surface area contributed by atoms with Crippen LogP contribution in [0.4, 0.5) is 0 Å². The van der Waals surface area contributed by atoms with Crippen LogP contribution in [0.3, 0.4) is 0 Å². The number of hydrogen-bond donors (Lipinski definition) is 1. The lowest BCUT2D eigenvalue weighted by Crippen LogP contribution is -2.39. The molecule has 0 bridgehead atoms. The molecule has 96 valence electrons. The normalized spacial score (nSPS) is 21.5. The zero-order chi connectivity index (χ0) is 12.5. The van der Waals surface area contributed by atoms with Crippen molar-refractivity contribution in [3.8, 4) is 0 Å². The predicted octanol–water partition coefficient (Wildman–Crippen LogP) is 1.28. The Morgan fingerprint density at radius 3 is 3.11 bits per heavy atom. The van der Waals surface area contributed by atoms with Gasteiger partial charge in [-0.3, -0.25) is 9.30 Å². The highest BCUT2D eigenvalue weighted by Crippen LogP contribution is 2.11. The Balaban J connectivity index is 1.86. The molecule has 0 aromatic carbocycles. The number of nitrogens with zero attached hydrogens (tertiary/aromatic N) is 4. The predicted molar refractivity (Wildman–Crippen MR) is 70.8 cm³/mol. The van der Waals surface area contributed by atoms with Crippen LogP contribution in [0, 0.1) is 4.77 Å². The topological polar surface area (TPSA) is 45.7 Å². The largest absolute Gasteiger partial charge is 0.392 e. The molecule has 3 rings (SSSR count). The van der Waals surface area contributed by atoms with Crippen LogP contribution in [-0.2, 0) is 6.67 Å². The van der Waals surface area contributed by atoms with E-state index in [0.717, 1.165) is 25.0 Å². The number of aliphatic hydroxyl groups is 1. The van der Waals surface area contributed by atoms with Crippen LogP contribution in [0.25, 0.3) is 5.65 Å². The van der Waals surface area contributed by atoms with Crippen LogP contribution < -0.4 is 0 Å². The van der Waals surface area contributed by atoms with Gasteiger partial charge in [-0.1, -0.05) is 6.07 Å². The van der Waals surface area contributed by atoms with Gasteiger partial charge in [-0.05, 0) is 37.2 Å². The van der Waals surface area contributed by atoms with Gasteiger partial charge in [0.15, 0.2) is 5.65 Å². The fraction of sp³-hybridized carbons (Fsp3) is 0.500. The Bertz CT molecular complexity index is 605. The van der Waals surface area contributed by atoms with Gasteiger partial charge in [0.1, 0.15) is 0 Å². The minimum atomic E-state index is -0.218. The molecular weight excluding hydrogens is 248 g/mol. The van der Waals surface area contributed by atoms with Crippen molar-refractivity contribution >= 4 is 17.9 Å². The Morgan fingerprint density at radius 1 is 1.44 bits per heavy atom. The molecule has 1 aliphatic rings. The van der Waals surface area contributed by atoms with Crippen LogP contribution in [0.2, 0.25) is 0 Å². The van der Waals surface area contributed by atoms with Crippen molar-refractivity contribution < 1.29 is 5.11 Å². The van der Waals surface area contributed by atoms with Crippen LogP contribution in [0.1, 0.15) is 12.8 Å². The zero-order valence-electron chi connectivity index (χ0n) is 10.1. The molecule has 1 N–H and O–H groups in total. The number of rotatable bonds is 2. The van der Waals surface area contributed by atoms with Crippen LogP contribution in [0.5, 0.6) is 0 Å². The van der Waals surface area contributed by atoms with E-state index in [1.807, 2.05) is 33.5 Å². The molecule has 6 heteroatoms. The SMILES string of the molecule is OC1CCCN(Cn2nc3ccccn3c2=S)C1. The minimum absolute atomic E-state index is 0.218. The summed E-state index contributed by atoms with van der Waals surface area (Å²) in [4.78, 5) is 2.19. The highest BCUT2D eigenvalue weighted by molar-refractivity contribution is 7.71. The Morgan fingerprint density at radius 2 is 2.33 bits per heavy atom. The minimum Gasteiger partial charge on any atom is -0.392 e. The summed E-state index contributed by atoms with van der Waals surface area (Å²) in [5.41, 5.74) is 0.861. The summed E-state index contributed by atoms with van der Waals surface area (Å²) in [5.74, 6) is 0. The highest BCUT2D eigenvalue weighted by atomic mass is 32.1. The molecule has 0 radical (unpaired) electrons. The van der Waals surface area contributed by atoms with Gasteiger partial charge in [0.05, 0.1) is 12.8 Å². The quantitative estimate of drug-likeness (QED) is 0.830. The molecule has 0 spiro atoms. The lowest BCUT2D eigenvalue weighted by atomic mass is 10.1. The number of fused-ring (bicyclic) bond motifs is 1. The van der Waals surface area contributed by atoms with Gasteiger partial charge in [-0.2, -0.15) is 5.10 Å². The molecule has 2 aromatic rings. The first-order valence-corrected chi connectivity index (χ1v) is 6.59. The second kappa shape index (κ2) is 4.79. The summed E-state index contributed by atoms with van der Waals surface area (Å²) in [6.45, 7) is 2.35. The number of aliphatic hydroxyl groups excluding tert-OH is 1. The fourth-order valence-electron chi connectivity index (χ4n) is 2.41. The van der Waals surface area contributed by atoms with Crippen LogP contribution in [-0.4, -0.2) is 43.4 Å². The van der Waals surface area contributed by atoms with Crippen LogP contribution in [0.15, 0.2) is 24.4 Å². The van der Waals surface area contributed by atoms with E-state index in [1.54, 1.807) is 0 Å². The van der Waals surface area contributed by atoms with Gasteiger partial charge < -0.3 is 5.11 Å². The monoisotopic (exact) mass is 264 g/mol. The molecule has 0 aliphatic carbocycles. The van der Waals surface area contributed by atoms with Gasteiger partial charge in [-0.25, -0.2) is 4.68 Å². The highest BCUT2D eigenvalue weighted by Gasteiger charge is 2.18. The van der Waals surface area contributed by atoms with Gasteiger partial charge in [0, 0.05) is 19.3 Å². The summed E-state index contributed by atoms with van der Waals surface area (Å²) >= 11 is 5.40. The maximum atomic E-state index is 9.66. The second-order valence-corrected chi connectivity index (χ2v) is 5.09. The third-order valence-electron chi connectivity index (χ3n) is 3.30. The van der Waals surface area contributed by atoms with E-state index < -0.39 is 0 Å². The van der Waals surface area contributed by atoms with E-state index in [0.29, 0.717) is 18.0 Å². The maximum absolute atomic E-state index is 9.66. The third kappa shape index (κ3) is 2.19. The van der Waals surface area contributed by atoms with Crippen molar-refractivity contribution in [1.29, 1.82) is 0 Å². The van der Waals surface area contributed by atoms with Crippen molar-refractivity contribution in [2.75, 3.05) is 13.1 Å². The first kappa shape index (κ1) is 11.8. The molecule has 2 aromatic heterocycles. The van der Waals surface area contributed by atoms with E-state index in [1.165, 1.54) is 0 Å². The number of aromatic nitrogens is 3. The van der Waals surface area contributed by atoms with Crippen molar-refractivity contribution in [2.24, 2.45) is 0 Å². The van der Waals surface area contributed by atoms with Crippen molar-refractivity contribution in [2.45, 2.75) is 25.6 Å². The van der Waals surface area contributed by atoms with Crippen molar-refractivity contribution in [3.05, 3.63) is 29.2 Å². The molecule has 1 fully saturated rings. The molecule has 1 saturated heterocycles. The van der Waals surface area contributed by atoms with Gasteiger partial charge in [0.25, 0.3) is 0 Å². The van der Waals surface area contributed by atoms with E-state index in [4.69, 9.17) is 12.2 Å².